The van der Waals surface area contributed by atoms with Crippen molar-refractivity contribution in [1.82, 2.24) is 4.31 Å². The predicted molar refractivity (Wildman–Crippen MR) is 101 cm³/mol. The fourth-order valence-corrected chi connectivity index (χ4v) is 3.95. The molecule has 0 unspecified atom stereocenters. The van der Waals surface area contributed by atoms with E-state index < -0.39 is 10.0 Å². The second-order valence-corrected chi connectivity index (χ2v) is 7.77. The molecule has 0 aliphatic carbocycles. The van der Waals surface area contributed by atoms with E-state index in [9.17, 15) is 8.42 Å². The maximum atomic E-state index is 13.0. The Morgan fingerprint density at radius 1 is 0.923 bits per heavy atom. The molecule has 0 N–H and O–H groups in total. The van der Waals surface area contributed by atoms with Gasteiger partial charge in [-0.05, 0) is 42.3 Å². The van der Waals surface area contributed by atoms with Gasteiger partial charge in [0.25, 0.3) is 0 Å². The average Bonchev–Trinajstić information content (AvgIpc) is 2.67. The van der Waals surface area contributed by atoms with Crippen LogP contribution in [0.15, 0.2) is 41.3 Å². The van der Waals surface area contributed by atoms with Crippen molar-refractivity contribution in [3.8, 4) is 17.2 Å². The highest BCUT2D eigenvalue weighted by molar-refractivity contribution is 7.89. The number of ether oxygens (including phenoxy) is 3. The zero-order valence-electron chi connectivity index (χ0n) is 15.8. The highest BCUT2D eigenvalue weighted by atomic mass is 32.2. The normalized spacial score (nSPS) is 11.5. The zero-order valence-corrected chi connectivity index (χ0v) is 16.6. The minimum atomic E-state index is -3.68. The number of aryl methyl sites for hydroxylation is 1. The number of benzene rings is 2. The fraction of sp³-hybridized carbons (Fsp3) is 0.368. The second-order valence-electron chi connectivity index (χ2n) is 5.73. The molecule has 0 saturated heterocycles. The van der Waals surface area contributed by atoms with Gasteiger partial charge in [0.2, 0.25) is 10.0 Å². The molecule has 0 aromatic heterocycles. The van der Waals surface area contributed by atoms with Crippen LogP contribution in [0.1, 0.15) is 18.1 Å². The van der Waals surface area contributed by atoms with E-state index in [0.29, 0.717) is 29.2 Å². The van der Waals surface area contributed by atoms with E-state index in [4.69, 9.17) is 14.2 Å². The minimum absolute atomic E-state index is 0.128. The van der Waals surface area contributed by atoms with Crippen molar-refractivity contribution < 1.29 is 22.6 Å². The summed E-state index contributed by atoms with van der Waals surface area (Å²) in [5.74, 6) is 1.84. The van der Waals surface area contributed by atoms with Crippen molar-refractivity contribution in [3.05, 3.63) is 47.5 Å². The van der Waals surface area contributed by atoms with Crippen LogP contribution in [0, 0.1) is 0 Å². The molecule has 0 bridgehead atoms. The Labute approximate surface area is 155 Å². The lowest BCUT2D eigenvalue weighted by Crippen LogP contribution is -2.27. The predicted octanol–water partition coefficient (Wildman–Crippen LogP) is 3.10. The fourth-order valence-electron chi connectivity index (χ4n) is 2.76. The van der Waals surface area contributed by atoms with E-state index in [0.717, 1.165) is 5.56 Å². The van der Waals surface area contributed by atoms with E-state index in [1.807, 2.05) is 6.92 Å². The standard InChI is InChI=1S/C19H25NO5S/c1-6-14-12-15(10-11-17(14)23-3)26(21,22)20(2)13-16-18(24-4)8-7-9-19(16)25-5/h7-12H,6,13H2,1-5H3. The van der Waals surface area contributed by atoms with E-state index in [1.165, 1.54) is 11.4 Å². The number of hydrogen-bond donors (Lipinski definition) is 0. The molecule has 0 heterocycles. The molecule has 7 heteroatoms. The molecule has 6 nitrogen and oxygen atoms in total. The number of sulfonamides is 1. The lowest BCUT2D eigenvalue weighted by molar-refractivity contribution is 0.371. The van der Waals surface area contributed by atoms with Gasteiger partial charge in [0.05, 0.1) is 31.8 Å². The largest absolute Gasteiger partial charge is 0.496 e. The van der Waals surface area contributed by atoms with Crippen LogP contribution in [0.3, 0.4) is 0 Å². The van der Waals surface area contributed by atoms with Crippen molar-refractivity contribution in [1.29, 1.82) is 0 Å². The quantitative estimate of drug-likeness (QED) is 0.705. The van der Waals surface area contributed by atoms with E-state index in [-0.39, 0.29) is 11.4 Å². The van der Waals surface area contributed by atoms with E-state index in [2.05, 4.69) is 0 Å². The van der Waals surface area contributed by atoms with Crippen molar-refractivity contribution in [3.63, 3.8) is 0 Å². The average molecular weight is 379 g/mol. The molecule has 0 fully saturated rings. The topological polar surface area (TPSA) is 65.1 Å². The first-order valence-electron chi connectivity index (χ1n) is 8.22. The number of nitrogens with zero attached hydrogens (tertiary/aromatic N) is 1. The Hall–Kier alpha value is -2.25. The molecule has 142 valence electrons. The van der Waals surface area contributed by atoms with Gasteiger partial charge in [-0.25, -0.2) is 8.42 Å². The smallest absolute Gasteiger partial charge is 0.243 e. The molecule has 2 aromatic carbocycles. The van der Waals surface area contributed by atoms with Crippen LogP contribution in [-0.4, -0.2) is 41.1 Å². The summed E-state index contributed by atoms with van der Waals surface area (Å²) in [7, 11) is 2.52. The lowest BCUT2D eigenvalue weighted by Gasteiger charge is -2.21. The monoisotopic (exact) mass is 379 g/mol. The Kier molecular flexibility index (Phi) is 6.50. The first-order chi connectivity index (χ1) is 12.4. The molecular formula is C19H25NO5S. The Bertz CT molecular complexity index is 842. The van der Waals surface area contributed by atoms with Gasteiger partial charge >= 0.3 is 0 Å². The maximum Gasteiger partial charge on any atom is 0.243 e. The summed E-state index contributed by atoms with van der Waals surface area (Å²) in [5.41, 5.74) is 1.52. The third-order valence-corrected chi connectivity index (χ3v) is 6.05. The third kappa shape index (κ3) is 3.94. The second kappa shape index (κ2) is 8.42. The molecule has 2 aromatic rings. The van der Waals surface area contributed by atoms with Crippen molar-refractivity contribution >= 4 is 10.0 Å². The van der Waals surface area contributed by atoms with Gasteiger partial charge in [0, 0.05) is 13.6 Å². The summed E-state index contributed by atoms with van der Waals surface area (Å²) in [4.78, 5) is 0.228. The summed E-state index contributed by atoms with van der Waals surface area (Å²) in [6, 6.07) is 10.3. The molecule has 2 rings (SSSR count). The van der Waals surface area contributed by atoms with Gasteiger partial charge < -0.3 is 14.2 Å². The van der Waals surface area contributed by atoms with Gasteiger partial charge in [-0.3, -0.25) is 0 Å². The Morgan fingerprint density at radius 3 is 2.00 bits per heavy atom. The van der Waals surface area contributed by atoms with Crippen molar-refractivity contribution in [2.75, 3.05) is 28.4 Å². The molecule has 0 aliphatic rings. The van der Waals surface area contributed by atoms with Crippen LogP contribution in [0.2, 0.25) is 0 Å². The summed E-state index contributed by atoms with van der Waals surface area (Å²) in [6.45, 7) is 2.08. The van der Waals surface area contributed by atoms with E-state index in [1.54, 1.807) is 57.7 Å². The Morgan fingerprint density at radius 2 is 1.50 bits per heavy atom. The van der Waals surface area contributed by atoms with Gasteiger partial charge in [0.15, 0.2) is 0 Å². The summed E-state index contributed by atoms with van der Waals surface area (Å²) in [5, 5.41) is 0. The molecule has 0 spiro atoms. The van der Waals surface area contributed by atoms with Crippen LogP contribution in [0.5, 0.6) is 17.2 Å². The van der Waals surface area contributed by atoms with Gasteiger partial charge in [-0.1, -0.05) is 13.0 Å². The minimum Gasteiger partial charge on any atom is -0.496 e. The van der Waals surface area contributed by atoms with Crippen LogP contribution in [-0.2, 0) is 23.0 Å². The van der Waals surface area contributed by atoms with E-state index >= 15 is 0 Å². The van der Waals surface area contributed by atoms with Crippen LogP contribution in [0.4, 0.5) is 0 Å². The first-order valence-corrected chi connectivity index (χ1v) is 9.66. The van der Waals surface area contributed by atoms with Gasteiger partial charge in [-0.15, -0.1) is 0 Å². The number of methoxy groups -OCH3 is 3. The molecule has 0 saturated carbocycles. The third-order valence-electron chi connectivity index (χ3n) is 4.25. The number of rotatable bonds is 8. The SMILES string of the molecule is CCc1cc(S(=O)(=O)N(C)Cc2c(OC)cccc2OC)ccc1OC. The molecule has 26 heavy (non-hydrogen) atoms. The molecular weight excluding hydrogens is 354 g/mol. The summed E-state index contributed by atoms with van der Waals surface area (Å²) in [6.07, 6.45) is 0.677. The van der Waals surface area contributed by atoms with Gasteiger partial charge in [-0.2, -0.15) is 4.31 Å². The summed E-state index contributed by atoms with van der Waals surface area (Å²) < 4.78 is 43.3. The Balaban J connectivity index is 2.39. The van der Waals surface area contributed by atoms with Crippen LogP contribution in [0.25, 0.3) is 0 Å². The lowest BCUT2D eigenvalue weighted by atomic mass is 10.1. The highest BCUT2D eigenvalue weighted by Gasteiger charge is 2.24. The summed E-state index contributed by atoms with van der Waals surface area (Å²) >= 11 is 0. The molecule has 0 amide bonds. The molecule has 0 radical (unpaired) electrons. The maximum absolute atomic E-state index is 13.0. The van der Waals surface area contributed by atoms with Crippen molar-refractivity contribution in [2.45, 2.75) is 24.8 Å². The van der Waals surface area contributed by atoms with Crippen LogP contribution < -0.4 is 14.2 Å². The zero-order chi connectivity index (χ0) is 19.3. The first kappa shape index (κ1) is 20.1. The van der Waals surface area contributed by atoms with Crippen LogP contribution >= 0.6 is 0 Å². The number of hydrogen-bond acceptors (Lipinski definition) is 5. The highest BCUT2D eigenvalue weighted by Crippen LogP contribution is 2.31. The molecule has 0 atom stereocenters. The molecule has 0 aliphatic heterocycles. The van der Waals surface area contributed by atoms with Gasteiger partial charge in [0.1, 0.15) is 17.2 Å². The van der Waals surface area contributed by atoms with Crippen molar-refractivity contribution in [2.24, 2.45) is 0 Å².